The number of nitrogens with zero attached hydrogens (tertiary/aromatic N) is 4. The molecule has 0 bridgehead atoms. The number of aromatic nitrogens is 4. The maximum atomic E-state index is 15.0. The summed E-state index contributed by atoms with van der Waals surface area (Å²) in [6.07, 6.45) is 6.70. The Morgan fingerprint density at radius 2 is 2.00 bits per heavy atom. The second-order valence-corrected chi connectivity index (χ2v) is 9.61. The molecular weight excluding hydrogens is 490 g/mol. The van der Waals surface area contributed by atoms with E-state index in [-0.39, 0.29) is 11.4 Å². The number of aromatic amines is 1. The van der Waals surface area contributed by atoms with Crippen LogP contribution in [0.3, 0.4) is 0 Å². The van der Waals surface area contributed by atoms with Crippen LogP contribution >= 0.6 is 23.2 Å². The first kappa shape index (κ1) is 23.5. The molecule has 10 heteroatoms. The highest BCUT2D eigenvalue weighted by atomic mass is 35.5. The number of benzene rings is 1. The topological polar surface area (TPSA) is 93.0 Å². The number of rotatable bonds is 7. The van der Waals surface area contributed by atoms with E-state index in [1.165, 1.54) is 18.5 Å². The van der Waals surface area contributed by atoms with Gasteiger partial charge in [0.1, 0.15) is 17.5 Å². The highest BCUT2D eigenvalue weighted by Gasteiger charge is 2.40. The zero-order valence-electron chi connectivity index (χ0n) is 18.9. The van der Waals surface area contributed by atoms with Gasteiger partial charge < -0.3 is 15.4 Å². The second kappa shape index (κ2) is 9.11. The van der Waals surface area contributed by atoms with Crippen LogP contribution in [0.1, 0.15) is 25.0 Å². The molecule has 35 heavy (non-hydrogen) atoms. The van der Waals surface area contributed by atoms with Gasteiger partial charge in [0.25, 0.3) is 0 Å². The first-order chi connectivity index (χ1) is 16.8. The number of anilines is 1. The van der Waals surface area contributed by atoms with E-state index in [0.717, 1.165) is 10.9 Å². The molecule has 0 amide bonds. The number of nitrogens with two attached hydrogens (primary N) is 1. The number of hydrogen-bond acceptors (Lipinski definition) is 6. The van der Waals surface area contributed by atoms with Gasteiger partial charge in [-0.05, 0) is 37.6 Å². The molecule has 0 spiro atoms. The van der Waals surface area contributed by atoms with Crippen LogP contribution in [0.2, 0.25) is 10.0 Å². The highest BCUT2D eigenvalue weighted by molar-refractivity contribution is 6.35. The van der Waals surface area contributed by atoms with Crippen LogP contribution in [0.15, 0.2) is 55.5 Å². The number of ether oxygens (including phenoxy) is 1. The monoisotopic (exact) mass is 512 g/mol. The molecule has 0 radical (unpaired) electrons. The predicted molar refractivity (Wildman–Crippen MR) is 137 cm³/mol. The summed E-state index contributed by atoms with van der Waals surface area (Å²) >= 11 is 12.5. The normalized spacial score (nSPS) is 15.6. The number of H-pyrrole nitrogens is 1. The summed E-state index contributed by atoms with van der Waals surface area (Å²) in [5.41, 5.74) is 8.42. The molecular formula is C25H23Cl2FN6O. The van der Waals surface area contributed by atoms with E-state index in [2.05, 4.69) is 26.7 Å². The van der Waals surface area contributed by atoms with Crippen LogP contribution < -0.4 is 15.4 Å². The Bertz CT molecular complexity index is 1400. The van der Waals surface area contributed by atoms with Gasteiger partial charge in [0, 0.05) is 48.2 Å². The van der Waals surface area contributed by atoms with Crippen molar-refractivity contribution in [3.63, 3.8) is 0 Å². The lowest BCUT2D eigenvalue weighted by Gasteiger charge is -2.48. The van der Waals surface area contributed by atoms with Crippen molar-refractivity contribution in [1.29, 1.82) is 0 Å². The lowest BCUT2D eigenvalue weighted by atomic mass is 9.87. The summed E-state index contributed by atoms with van der Waals surface area (Å²) in [6, 6.07) is 6.95. The number of pyridine rings is 2. The maximum absolute atomic E-state index is 15.0. The highest BCUT2D eigenvalue weighted by Crippen LogP contribution is 2.36. The Hall–Kier alpha value is -3.20. The summed E-state index contributed by atoms with van der Waals surface area (Å²) < 4.78 is 21.1. The fourth-order valence-electron chi connectivity index (χ4n) is 4.43. The Kier molecular flexibility index (Phi) is 6.13. The van der Waals surface area contributed by atoms with Crippen LogP contribution in [0.5, 0.6) is 5.75 Å². The van der Waals surface area contributed by atoms with Crippen molar-refractivity contribution < 1.29 is 9.13 Å². The molecule has 5 rings (SSSR count). The van der Waals surface area contributed by atoms with Gasteiger partial charge in [-0.2, -0.15) is 5.10 Å². The summed E-state index contributed by atoms with van der Waals surface area (Å²) in [7, 11) is 0. The number of nitrogens with one attached hydrogen (secondary N) is 1. The van der Waals surface area contributed by atoms with Crippen LogP contribution in [0.25, 0.3) is 22.2 Å². The lowest BCUT2D eigenvalue weighted by molar-refractivity contribution is 0.227. The minimum absolute atomic E-state index is 0.280. The standard InChI is InChI=1S/C25H23Cl2FN6O/c1-3-6-25(29)12-34(13-25)24-20(28)7-15(9-31-24)23-17-8-16(4-5-21(17)32-33-23)35-14(2)22-18(26)10-30-11-19(22)27/h3-5,7-11,14H,1,6,12-13,29H2,2H3,(H,32,33)/t14-/m1/s1. The molecule has 1 aliphatic heterocycles. The molecule has 1 aliphatic rings. The van der Waals surface area contributed by atoms with E-state index >= 15 is 4.39 Å². The summed E-state index contributed by atoms with van der Waals surface area (Å²) in [5.74, 6) is 0.439. The third kappa shape index (κ3) is 4.45. The smallest absolute Gasteiger partial charge is 0.166 e. The summed E-state index contributed by atoms with van der Waals surface area (Å²) in [6.45, 7) is 6.64. The van der Waals surface area contributed by atoms with E-state index in [0.29, 0.717) is 52.1 Å². The molecule has 180 valence electrons. The van der Waals surface area contributed by atoms with Gasteiger partial charge in [0.2, 0.25) is 0 Å². The van der Waals surface area contributed by atoms with Crippen molar-refractivity contribution in [2.75, 3.05) is 18.0 Å². The van der Waals surface area contributed by atoms with Crippen LogP contribution in [-0.2, 0) is 0 Å². The molecule has 4 heterocycles. The van der Waals surface area contributed by atoms with Crippen molar-refractivity contribution in [3.8, 4) is 17.0 Å². The maximum Gasteiger partial charge on any atom is 0.166 e. The fourth-order valence-corrected chi connectivity index (χ4v) is 5.10. The lowest BCUT2D eigenvalue weighted by Crippen LogP contribution is -2.67. The molecule has 3 aromatic heterocycles. The molecule has 4 aromatic rings. The predicted octanol–water partition coefficient (Wildman–Crippen LogP) is 5.70. The number of halogens is 3. The molecule has 1 fully saturated rings. The van der Waals surface area contributed by atoms with E-state index in [9.17, 15) is 0 Å². The van der Waals surface area contributed by atoms with Crippen molar-refractivity contribution in [2.24, 2.45) is 5.73 Å². The van der Waals surface area contributed by atoms with E-state index in [1.807, 2.05) is 30.0 Å². The van der Waals surface area contributed by atoms with Crippen molar-refractivity contribution in [3.05, 3.63) is 76.9 Å². The van der Waals surface area contributed by atoms with E-state index in [1.54, 1.807) is 12.3 Å². The zero-order valence-corrected chi connectivity index (χ0v) is 20.4. The van der Waals surface area contributed by atoms with E-state index < -0.39 is 11.9 Å². The Morgan fingerprint density at radius 3 is 2.69 bits per heavy atom. The zero-order chi connectivity index (χ0) is 24.7. The van der Waals surface area contributed by atoms with Crippen LogP contribution in [-0.4, -0.2) is 38.8 Å². The molecule has 0 saturated carbocycles. The van der Waals surface area contributed by atoms with Crippen molar-refractivity contribution in [1.82, 2.24) is 20.2 Å². The Morgan fingerprint density at radius 1 is 1.26 bits per heavy atom. The Labute approximate surface area is 211 Å². The molecule has 0 aliphatic carbocycles. The third-order valence-electron chi connectivity index (χ3n) is 6.10. The van der Waals surface area contributed by atoms with Crippen molar-refractivity contribution >= 4 is 39.9 Å². The van der Waals surface area contributed by atoms with Gasteiger partial charge in [0.15, 0.2) is 11.6 Å². The number of fused-ring (bicyclic) bond motifs is 1. The Balaban J connectivity index is 1.40. The SMILES string of the molecule is C=CCC1(N)CN(c2ncc(-c3n[nH]c4ccc(O[C@H](C)c5c(Cl)cncc5Cl)cc34)cc2F)C1. The van der Waals surface area contributed by atoms with Gasteiger partial charge in [-0.3, -0.25) is 10.1 Å². The van der Waals surface area contributed by atoms with E-state index in [4.69, 9.17) is 33.7 Å². The van der Waals surface area contributed by atoms with Gasteiger partial charge in [-0.1, -0.05) is 29.3 Å². The first-order valence-corrected chi connectivity index (χ1v) is 11.8. The second-order valence-electron chi connectivity index (χ2n) is 8.80. The minimum Gasteiger partial charge on any atom is -0.486 e. The number of hydrogen-bond donors (Lipinski definition) is 2. The third-order valence-corrected chi connectivity index (χ3v) is 6.70. The average Bonchev–Trinajstić information content (AvgIpc) is 3.21. The average molecular weight is 513 g/mol. The fraction of sp³-hybridized carbons (Fsp3) is 0.240. The molecule has 7 nitrogen and oxygen atoms in total. The molecule has 1 aromatic carbocycles. The summed E-state index contributed by atoms with van der Waals surface area (Å²) in [4.78, 5) is 10.2. The van der Waals surface area contributed by atoms with Crippen LogP contribution in [0.4, 0.5) is 10.2 Å². The largest absolute Gasteiger partial charge is 0.486 e. The molecule has 3 N–H and O–H groups in total. The summed E-state index contributed by atoms with van der Waals surface area (Å²) in [5, 5.41) is 8.99. The first-order valence-electron chi connectivity index (χ1n) is 11.0. The van der Waals surface area contributed by atoms with Gasteiger partial charge in [-0.25, -0.2) is 9.37 Å². The van der Waals surface area contributed by atoms with Gasteiger partial charge in [-0.15, -0.1) is 6.58 Å². The molecule has 1 atom stereocenters. The van der Waals surface area contributed by atoms with Crippen LogP contribution in [0, 0.1) is 5.82 Å². The molecule has 1 saturated heterocycles. The van der Waals surface area contributed by atoms with Gasteiger partial charge >= 0.3 is 0 Å². The van der Waals surface area contributed by atoms with Crippen molar-refractivity contribution in [2.45, 2.75) is 25.0 Å². The molecule has 0 unspecified atom stereocenters. The van der Waals surface area contributed by atoms with Gasteiger partial charge in [0.05, 0.1) is 21.1 Å². The minimum atomic E-state index is -0.428. The quantitative estimate of drug-likeness (QED) is 0.308.